The minimum absolute atomic E-state index is 0.341. The van der Waals surface area contributed by atoms with Gasteiger partial charge < -0.3 is 5.32 Å². The van der Waals surface area contributed by atoms with Crippen molar-refractivity contribution < 1.29 is 0 Å². The highest BCUT2D eigenvalue weighted by molar-refractivity contribution is 5.03. The molecule has 2 rings (SSSR count). The van der Waals surface area contributed by atoms with Crippen LogP contribution in [0.4, 0.5) is 0 Å². The van der Waals surface area contributed by atoms with Crippen LogP contribution in [0.25, 0.3) is 0 Å². The molecule has 1 N–H and O–H groups in total. The monoisotopic (exact) mass is 182 g/mol. The van der Waals surface area contributed by atoms with Gasteiger partial charge in [-0.25, -0.2) is 0 Å². The van der Waals surface area contributed by atoms with Gasteiger partial charge in [0.25, 0.3) is 0 Å². The number of nitrogens with one attached hydrogen (secondary N) is 1. The maximum atomic E-state index is 3.77. The Bertz CT molecular complexity index is 192. The third kappa shape index (κ3) is 1.62. The standard InChI is InChI=1S/C11H22N2/c1-10(2)8-12-11(9-13(10)3)6-4-5-7-11/h12H,4-9H2,1-3H3. The maximum absolute atomic E-state index is 3.77. The van der Waals surface area contributed by atoms with E-state index >= 15 is 0 Å². The Morgan fingerprint density at radius 2 is 1.77 bits per heavy atom. The number of hydrogen-bond acceptors (Lipinski definition) is 2. The molecule has 1 heterocycles. The van der Waals surface area contributed by atoms with Crippen molar-refractivity contribution in [3.8, 4) is 0 Å². The first-order chi connectivity index (χ1) is 6.04. The van der Waals surface area contributed by atoms with Crippen molar-refractivity contribution in [2.24, 2.45) is 0 Å². The summed E-state index contributed by atoms with van der Waals surface area (Å²) in [5.41, 5.74) is 0.818. The van der Waals surface area contributed by atoms with Crippen molar-refractivity contribution >= 4 is 0 Å². The fourth-order valence-corrected chi connectivity index (χ4v) is 2.65. The summed E-state index contributed by atoms with van der Waals surface area (Å²) in [5, 5.41) is 3.77. The lowest BCUT2D eigenvalue weighted by Crippen LogP contribution is -2.66. The van der Waals surface area contributed by atoms with Crippen LogP contribution in [-0.4, -0.2) is 36.1 Å². The summed E-state index contributed by atoms with van der Waals surface area (Å²) in [6.45, 7) is 7.02. The zero-order valence-corrected chi connectivity index (χ0v) is 9.19. The van der Waals surface area contributed by atoms with Gasteiger partial charge in [-0.2, -0.15) is 0 Å². The Morgan fingerprint density at radius 3 is 2.31 bits per heavy atom. The van der Waals surface area contributed by atoms with Crippen LogP contribution in [-0.2, 0) is 0 Å². The molecule has 2 aliphatic rings. The smallest absolute Gasteiger partial charge is 0.0309 e. The van der Waals surface area contributed by atoms with Crippen molar-refractivity contribution in [2.45, 2.75) is 50.6 Å². The Labute approximate surface area is 81.7 Å². The molecule has 0 aromatic heterocycles. The molecule has 2 fully saturated rings. The van der Waals surface area contributed by atoms with E-state index in [0.29, 0.717) is 11.1 Å². The molecule has 13 heavy (non-hydrogen) atoms. The first kappa shape index (κ1) is 9.47. The van der Waals surface area contributed by atoms with Gasteiger partial charge in [0, 0.05) is 24.2 Å². The van der Waals surface area contributed by atoms with Crippen LogP contribution in [0.1, 0.15) is 39.5 Å². The van der Waals surface area contributed by atoms with Crippen molar-refractivity contribution in [2.75, 3.05) is 20.1 Å². The lowest BCUT2D eigenvalue weighted by molar-refractivity contribution is 0.0515. The topological polar surface area (TPSA) is 15.3 Å². The molecule has 1 aliphatic carbocycles. The molecule has 1 saturated carbocycles. The van der Waals surface area contributed by atoms with Gasteiger partial charge in [-0.3, -0.25) is 4.90 Å². The number of nitrogens with zero attached hydrogens (tertiary/aromatic N) is 1. The van der Waals surface area contributed by atoms with E-state index in [4.69, 9.17) is 0 Å². The van der Waals surface area contributed by atoms with E-state index in [9.17, 15) is 0 Å². The average Bonchev–Trinajstić information content (AvgIpc) is 2.48. The molecule has 0 bridgehead atoms. The van der Waals surface area contributed by atoms with E-state index in [0.717, 1.165) is 6.54 Å². The predicted octanol–water partition coefficient (Wildman–Crippen LogP) is 1.61. The minimum Gasteiger partial charge on any atom is -0.308 e. The molecule has 1 spiro atoms. The number of piperazine rings is 1. The summed E-state index contributed by atoms with van der Waals surface area (Å²) in [6.07, 6.45) is 5.60. The fraction of sp³-hybridized carbons (Fsp3) is 1.00. The third-order valence-corrected chi connectivity index (χ3v) is 4.03. The molecule has 1 aliphatic heterocycles. The Balaban J connectivity index is 2.06. The van der Waals surface area contributed by atoms with Gasteiger partial charge in [0.05, 0.1) is 0 Å². The van der Waals surface area contributed by atoms with Crippen LogP contribution in [0, 0.1) is 0 Å². The Morgan fingerprint density at radius 1 is 1.15 bits per heavy atom. The van der Waals surface area contributed by atoms with Gasteiger partial charge >= 0.3 is 0 Å². The zero-order valence-electron chi connectivity index (χ0n) is 9.19. The van der Waals surface area contributed by atoms with Crippen LogP contribution in [0.5, 0.6) is 0 Å². The number of likely N-dealkylation sites (N-methyl/N-ethyl adjacent to an activating group) is 1. The molecule has 76 valence electrons. The summed E-state index contributed by atoms with van der Waals surface area (Å²) >= 11 is 0. The van der Waals surface area contributed by atoms with Crippen LogP contribution >= 0.6 is 0 Å². The molecule has 1 saturated heterocycles. The molecule has 2 nitrogen and oxygen atoms in total. The molecular formula is C11H22N2. The van der Waals surface area contributed by atoms with Crippen molar-refractivity contribution in [3.63, 3.8) is 0 Å². The maximum Gasteiger partial charge on any atom is 0.0309 e. The van der Waals surface area contributed by atoms with Gasteiger partial charge in [-0.05, 0) is 33.7 Å². The second-order valence-electron chi connectivity index (χ2n) is 5.51. The normalized spacial score (nSPS) is 32.5. The molecule has 0 atom stereocenters. The first-order valence-corrected chi connectivity index (χ1v) is 5.50. The second kappa shape index (κ2) is 2.96. The average molecular weight is 182 g/mol. The number of rotatable bonds is 0. The van der Waals surface area contributed by atoms with E-state index < -0.39 is 0 Å². The quantitative estimate of drug-likeness (QED) is 0.612. The third-order valence-electron chi connectivity index (χ3n) is 4.03. The minimum atomic E-state index is 0.341. The lowest BCUT2D eigenvalue weighted by atomic mass is 9.88. The summed E-state index contributed by atoms with van der Waals surface area (Å²) < 4.78 is 0. The largest absolute Gasteiger partial charge is 0.308 e. The van der Waals surface area contributed by atoms with Gasteiger partial charge in [0.2, 0.25) is 0 Å². The molecule has 0 aromatic carbocycles. The molecule has 0 amide bonds. The SMILES string of the molecule is CN1CC2(CCCC2)NCC1(C)C. The van der Waals surface area contributed by atoms with Crippen LogP contribution in [0.15, 0.2) is 0 Å². The number of hydrogen-bond donors (Lipinski definition) is 1. The highest BCUT2D eigenvalue weighted by Crippen LogP contribution is 2.34. The van der Waals surface area contributed by atoms with Gasteiger partial charge in [0.1, 0.15) is 0 Å². The van der Waals surface area contributed by atoms with Crippen molar-refractivity contribution in [1.29, 1.82) is 0 Å². The summed E-state index contributed by atoms with van der Waals surface area (Å²) in [5.74, 6) is 0. The van der Waals surface area contributed by atoms with Gasteiger partial charge in [-0.15, -0.1) is 0 Å². The van der Waals surface area contributed by atoms with Gasteiger partial charge in [0.15, 0.2) is 0 Å². The van der Waals surface area contributed by atoms with Crippen LogP contribution < -0.4 is 5.32 Å². The highest BCUT2D eigenvalue weighted by atomic mass is 15.3. The first-order valence-electron chi connectivity index (χ1n) is 5.50. The predicted molar refractivity (Wildman–Crippen MR) is 55.9 cm³/mol. The molecule has 2 heteroatoms. The Kier molecular flexibility index (Phi) is 2.16. The molecule has 0 unspecified atom stereocenters. The van der Waals surface area contributed by atoms with Crippen molar-refractivity contribution in [3.05, 3.63) is 0 Å². The molecular weight excluding hydrogens is 160 g/mol. The fourth-order valence-electron chi connectivity index (χ4n) is 2.65. The van der Waals surface area contributed by atoms with E-state index in [1.54, 1.807) is 0 Å². The summed E-state index contributed by atoms with van der Waals surface area (Å²) in [7, 11) is 2.26. The van der Waals surface area contributed by atoms with E-state index in [1.807, 2.05) is 0 Å². The lowest BCUT2D eigenvalue weighted by Gasteiger charge is -2.49. The van der Waals surface area contributed by atoms with Crippen molar-refractivity contribution in [1.82, 2.24) is 10.2 Å². The van der Waals surface area contributed by atoms with Crippen LogP contribution in [0.3, 0.4) is 0 Å². The zero-order chi connectivity index (χ0) is 9.53. The molecule has 0 aromatic rings. The summed E-state index contributed by atoms with van der Waals surface area (Å²) in [4.78, 5) is 2.52. The summed E-state index contributed by atoms with van der Waals surface area (Å²) in [6, 6.07) is 0. The van der Waals surface area contributed by atoms with E-state index in [1.165, 1.54) is 32.2 Å². The Hall–Kier alpha value is -0.0800. The second-order valence-corrected chi connectivity index (χ2v) is 5.51. The van der Waals surface area contributed by atoms with Crippen LogP contribution in [0.2, 0.25) is 0 Å². The molecule has 0 radical (unpaired) electrons. The van der Waals surface area contributed by atoms with Gasteiger partial charge in [-0.1, -0.05) is 12.8 Å². The highest BCUT2D eigenvalue weighted by Gasteiger charge is 2.42. The van der Waals surface area contributed by atoms with E-state index in [2.05, 4.69) is 31.1 Å². The van der Waals surface area contributed by atoms with E-state index in [-0.39, 0.29) is 0 Å².